The number of piperidine rings is 1. The van der Waals surface area contributed by atoms with E-state index in [0.29, 0.717) is 18.5 Å². The molecule has 0 N–H and O–H groups in total. The molecule has 2 saturated heterocycles. The van der Waals surface area contributed by atoms with E-state index in [1.807, 2.05) is 18.2 Å². The van der Waals surface area contributed by atoms with Crippen molar-refractivity contribution in [1.82, 2.24) is 9.21 Å². The van der Waals surface area contributed by atoms with E-state index < -0.39 is 10.0 Å². The number of anilines is 1. The molecule has 7 heteroatoms. The highest BCUT2D eigenvalue weighted by atomic mass is 32.2. The number of para-hydroxylation sites is 1. The van der Waals surface area contributed by atoms with Gasteiger partial charge in [0.1, 0.15) is 5.82 Å². The van der Waals surface area contributed by atoms with Crippen molar-refractivity contribution in [2.75, 3.05) is 37.6 Å². The molecular weight excluding hydrogens is 449 g/mol. The third-order valence-electron chi connectivity index (χ3n) is 7.05. The Bertz CT molecular complexity index is 1200. The maximum absolute atomic E-state index is 14.0. The van der Waals surface area contributed by atoms with Crippen molar-refractivity contribution in [3.8, 4) is 0 Å². The third kappa shape index (κ3) is 4.73. The van der Waals surface area contributed by atoms with Gasteiger partial charge in [0, 0.05) is 44.5 Å². The van der Waals surface area contributed by atoms with Gasteiger partial charge in [0.05, 0.1) is 10.9 Å². The molecule has 0 spiro atoms. The molecule has 3 aromatic rings. The molecule has 0 amide bonds. The van der Waals surface area contributed by atoms with Crippen LogP contribution in [0.1, 0.15) is 24.4 Å². The highest BCUT2D eigenvalue weighted by Crippen LogP contribution is 2.37. The Morgan fingerprint density at radius 2 is 1.44 bits per heavy atom. The monoisotopic (exact) mass is 479 g/mol. The summed E-state index contributed by atoms with van der Waals surface area (Å²) in [5.74, 6) is -0.339. The number of nitrogens with zero attached hydrogens (tertiary/aromatic N) is 3. The van der Waals surface area contributed by atoms with Gasteiger partial charge >= 0.3 is 0 Å². The van der Waals surface area contributed by atoms with Gasteiger partial charge in [-0.3, -0.25) is 4.90 Å². The number of hydrogen-bond donors (Lipinski definition) is 0. The van der Waals surface area contributed by atoms with Crippen LogP contribution in [-0.4, -0.2) is 56.4 Å². The minimum atomic E-state index is -3.72. The van der Waals surface area contributed by atoms with E-state index in [1.54, 1.807) is 34.6 Å². The van der Waals surface area contributed by atoms with E-state index in [-0.39, 0.29) is 22.8 Å². The third-order valence-corrected chi connectivity index (χ3v) is 8.94. The van der Waals surface area contributed by atoms with Crippen LogP contribution in [0.4, 0.5) is 10.1 Å². The number of sulfonamides is 1. The van der Waals surface area contributed by atoms with Gasteiger partial charge in [-0.05, 0) is 54.8 Å². The van der Waals surface area contributed by atoms with Gasteiger partial charge in [-0.2, -0.15) is 4.31 Å². The van der Waals surface area contributed by atoms with Crippen molar-refractivity contribution in [3.63, 3.8) is 0 Å². The smallest absolute Gasteiger partial charge is 0.243 e. The second-order valence-corrected chi connectivity index (χ2v) is 10.9. The summed E-state index contributed by atoms with van der Waals surface area (Å²) in [5.41, 5.74) is 1.94. The molecule has 0 bridgehead atoms. The van der Waals surface area contributed by atoms with Crippen LogP contribution in [0, 0.1) is 5.82 Å². The second-order valence-electron chi connectivity index (χ2n) is 9.05. The van der Waals surface area contributed by atoms with Gasteiger partial charge in [0.2, 0.25) is 10.0 Å². The van der Waals surface area contributed by atoms with Gasteiger partial charge < -0.3 is 4.90 Å². The predicted octanol–water partition coefficient (Wildman–Crippen LogP) is 4.54. The zero-order valence-electron chi connectivity index (χ0n) is 19.1. The van der Waals surface area contributed by atoms with Crippen molar-refractivity contribution in [2.45, 2.75) is 29.8 Å². The van der Waals surface area contributed by atoms with Crippen molar-refractivity contribution in [1.29, 1.82) is 0 Å². The highest BCUT2D eigenvalue weighted by molar-refractivity contribution is 7.89. The molecule has 3 aromatic carbocycles. The molecular formula is C27H30FN3O2S. The fourth-order valence-electron chi connectivity index (χ4n) is 5.24. The fourth-order valence-corrected chi connectivity index (χ4v) is 6.95. The Morgan fingerprint density at radius 1 is 0.765 bits per heavy atom. The predicted molar refractivity (Wildman–Crippen MR) is 133 cm³/mol. The quantitative estimate of drug-likeness (QED) is 0.539. The Morgan fingerprint density at radius 3 is 2.12 bits per heavy atom. The number of benzene rings is 3. The van der Waals surface area contributed by atoms with Gasteiger partial charge in [-0.1, -0.05) is 48.5 Å². The molecule has 5 rings (SSSR count). The van der Waals surface area contributed by atoms with Crippen LogP contribution in [0.2, 0.25) is 0 Å². The van der Waals surface area contributed by atoms with Gasteiger partial charge in [-0.25, -0.2) is 12.8 Å². The number of piperazine rings is 1. The molecule has 34 heavy (non-hydrogen) atoms. The summed E-state index contributed by atoms with van der Waals surface area (Å²) in [6, 6.07) is 25.1. The van der Waals surface area contributed by atoms with Crippen molar-refractivity contribution in [2.24, 2.45) is 0 Å². The SMILES string of the molecule is O=S(=O)(c1ccccc1)N1CC(N2CCN(c3ccccc3)CC2)CCC1c1cccc(F)c1. The van der Waals surface area contributed by atoms with Crippen LogP contribution in [0.15, 0.2) is 89.8 Å². The van der Waals surface area contributed by atoms with E-state index >= 15 is 0 Å². The fraction of sp³-hybridized carbons (Fsp3) is 0.333. The molecule has 2 heterocycles. The molecule has 0 radical (unpaired) electrons. The molecule has 2 aliphatic heterocycles. The number of halogens is 1. The standard InChI is InChI=1S/C27H30FN3O2S/c28-23-9-7-8-22(20-23)27-15-14-25(21-31(27)34(32,33)26-12-5-2-6-13-26)30-18-16-29(17-19-30)24-10-3-1-4-11-24/h1-13,20,25,27H,14-19,21H2. The molecule has 2 unspecified atom stereocenters. The molecule has 2 atom stereocenters. The van der Waals surface area contributed by atoms with Crippen LogP contribution in [0.5, 0.6) is 0 Å². The van der Waals surface area contributed by atoms with Crippen molar-refractivity contribution >= 4 is 15.7 Å². The minimum absolute atomic E-state index is 0.140. The highest BCUT2D eigenvalue weighted by Gasteiger charge is 2.40. The van der Waals surface area contributed by atoms with E-state index in [0.717, 1.165) is 32.6 Å². The Labute approximate surface area is 201 Å². The second kappa shape index (κ2) is 9.86. The summed E-state index contributed by atoms with van der Waals surface area (Å²) in [6.45, 7) is 4.02. The topological polar surface area (TPSA) is 43.9 Å². The lowest BCUT2D eigenvalue weighted by molar-refractivity contribution is 0.102. The number of rotatable bonds is 5. The summed E-state index contributed by atoms with van der Waals surface area (Å²) >= 11 is 0. The summed E-state index contributed by atoms with van der Waals surface area (Å²) < 4.78 is 43.1. The van der Waals surface area contributed by atoms with E-state index in [4.69, 9.17) is 0 Å². The lowest BCUT2D eigenvalue weighted by Gasteiger charge is -2.46. The average Bonchev–Trinajstić information content (AvgIpc) is 2.89. The van der Waals surface area contributed by atoms with Crippen LogP contribution >= 0.6 is 0 Å². The largest absolute Gasteiger partial charge is 0.369 e. The molecule has 178 valence electrons. The van der Waals surface area contributed by atoms with Crippen LogP contribution in [0.25, 0.3) is 0 Å². The maximum Gasteiger partial charge on any atom is 0.243 e. The zero-order valence-corrected chi connectivity index (χ0v) is 19.9. The van der Waals surface area contributed by atoms with Crippen LogP contribution in [-0.2, 0) is 10.0 Å². The van der Waals surface area contributed by atoms with Gasteiger partial charge in [0.15, 0.2) is 0 Å². The molecule has 0 aromatic heterocycles. The first kappa shape index (κ1) is 23.0. The first-order valence-electron chi connectivity index (χ1n) is 11.9. The Kier molecular flexibility index (Phi) is 6.68. The van der Waals surface area contributed by atoms with Crippen LogP contribution in [0.3, 0.4) is 0 Å². The van der Waals surface area contributed by atoms with Gasteiger partial charge in [-0.15, -0.1) is 0 Å². The number of hydrogen-bond acceptors (Lipinski definition) is 4. The lowest BCUT2D eigenvalue weighted by atomic mass is 9.93. The summed E-state index contributed by atoms with van der Waals surface area (Å²) in [6.07, 6.45) is 1.55. The summed E-state index contributed by atoms with van der Waals surface area (Å²) in [7, 11) is -3.72. The molecule has 2 aliphatic rings. The van der Waals surface area contributed by atoms with E-state index in [1.165, 1.54) is 17.8 Å². The lowest BCUT2D eigenvalue weighted by Crippen LogP contribution is -2.56. The molecule has 2 fully saturated rings. The Balaban J connectivity index is 1.37. The molecule has 0 saturated carbocycles. The molecule has 5 nitrogen and oxygen atoms in total. The van der Waals surface area contributed by atoms with Gasteiger partial charge in [0.25, 0.3) is 0 Å². The Hall–Kier alpha value is -2.74. The van der Waals surface area contributed by atoms with E-state index in [9.17, 15) is 12.8 Å². The summed E-state index contributed by atoms with van der Waals surface area (Å²) in [5, 5.41) is 0. The maximum atomic E-state index is 14.0. The van der Waals surface area contributed by atoms with Crippen molar-refractivity contribution < 1.29 is 12.8 Å². The summed E-state index contributed by atoms with van der Waals surface area (Å²) in [4.78, 5) is 5.09. The first-order valence-corrected chi connectivity index (χ1v) is 13.3. The van der Waals surface area contributed by atoms with Crippen LogP contribution < -0.4 is 4.90 Å². The minimum Gasteiger partial charge on any atom is -0.369 e. The van der Waals surface area contributed by atoms with E-state index in [2.05, 4.69) is 34.1 Å². The van der Waals surface area contributed by atoms with Crippen molar-refractivity contribution in [3.05, 3.63) is 96.3 Å². The normalized spacial score (nSPS) is 22.6. The zero-order chi connectivity index (χ0) is 23.5. The average molecular weight is 480 g/mol. The first-order chi connectivity index (χ1) is 16.5. The molecule has 0 aliphatic carbocycles.